The quantitative estimate of drug-likeness (QED) is 0.730. The van der Waals surface area contributed by atoms with Gasteiger partial charge >= 0.3 is 0 Å². The summed E-state index contributed by atoms with van der Waals surface area (Å²) in [5.74, 6) is -1.27. The summed E-state index contributed by atoms with van der Waals surface area (Å²) < 4.78 is 25.7. The number of benzene rings is 1. The van der Waals surface area contributed by atoms with Gasteiger partial charge < -0.3 is 5.41 Å². The molecule has 0 unspecified atom stereocenters. The van der Waals surface area contributed by atoms with E-state index in [2.05, 4.69) is 0 Å². The zero-order chi connectivity index (χ0) is 10.8. The largest absolute Gasteiger partial charge is 0.310 e. The Morgan fingerprint density at radius 2 is 1.73 bits per heavy atom. The summed E-state index contributed by atoms with van der Waals surface area (Å²) in [6, 6.07) is 4.12. The Balaban J connectivity index is 2.16. The molecule has 1 fully saturated rings. The third kappa shape index (κ3) is 2.22. The molecule has 1 aliphatic carbocycles. The Morgan fingerprint density at radius 3 is 2.33 bits per heavy atom. The Bertz CT molecular complexity index is 377. The molecule has 1 nitrogen and oxygen atoms in total. The van der Waals surface area contributed by atoms with Crippen LogP contribution in [0, 0.1) is 17.0 Å². The molecule has 0 spiro atoms. The van der Waals surface area contributed by atoms with Gasteiger partial charge in [-0.3, -0.25) is 0 Å². The second-order valence-electron chi connectivity index (χ2n) is 4.05. The highest BCUT2D eigenvalue weighted by atomic mass is 19.2. The van der Waals surface area contributed by atoms with Crippen molar-refractivity contribution in [2.24, 2.45) is 0 Å². The van der Waals surface area contributed by atoms with Crippen LogP contribution in [-0.2, 0) is 0 Å². The molecule has 80 valence electrons. The molecule has 1 aromatic carbocycles. The van der Waals surface area contributed by atoms with E-state index in [0.29, 0.717) is 0 Å². The first-order valence-electron chi connectivity index (χ1n) is 5.18. The van der Waals surface area contributed by atoms with E-state index in [0.717, 1.165) is 37.0 Å². The summed E-state index contributed by atoms with van der Waals surface area (Å²) in [7, 11) is 0. The Morgan fingerprint density at radius 1 is 1.07 bits per heavy atom. The zero-order valence-corrected chi connectivity index (χ0v) is 8.39. The maximum absolute atomic E-state index is 13.0. The van der Waals surface area contributed by atoms with Crippen LogP contribution in [0.15, 0.2) is 18.2 Å². The minimum Gasteiger partial charge on any atom is -0.310 e. The van der Waals surface area contributed by atoms with Crippen LogP contribution in [0.5, 0.6) is 0 Å². The molecule has 3 heteroatoms. The van der Waals surface area contributed by atoms with Crippen LogP contribution in [0.4, 0.5) is 8.78 Å². The molecular weight excluding hydrogens is 196 g/mol. The topological polar surface area (TPSA) is 23.9 Å². The van der Waals surface area contributed by atoms with Gasteiger partial charge in [-0.05, 0) is 49.3 Å². The molecule has 0 aromatic heterocycles. The Hall–Kier alpha value is -1.25. The van der Waals surface area contributed by atoms with Crippen LogP contribution >= 0.6 is 0 Å². The molecule has 0 atom stereocenters. The molecule has 15 heavy (non-hydrogen) atoms. The minimum atomic E-state index is -0.790. The highest BCUT2D eigenvalue weighted by molar-refractivity contribution is 5.82. The molecule has 0 aliphatic heterocycles. The summed E-state index contributed by atoms with van der Waals surface area (Å²) in [4.78, 5) is 0. The second-order valence-corrected chi connectivity index (χ2v) is 4.05. The van der Waals surface area contributed by atoms with E-state index in [1.165, 1.54) is 12.1 Å². The lowest BCUT2D eigenvalue weighted by Gasteiger charge is -2.22. The average Bonchev–Trinajstić information content (AvgIpc) is 2.23. The van der Waals surface area contributed by atoms with Crippen molar-refractivity contribution in [3.05, 3.63) is 35.4 Å². The maximum atomic E-state index is 13.0. The first-order valence-corrected chi connectivity index (χ1v) is 5.18. The maximum Gasteiger partial charge on any atom is 0.159 e. The van der Waals surface area contributed by atoms with Gasteiger partial charge in [-0.25, -0.2) is 8.78 Å². The van der Waals surface area contributed by atoms with Crippen molar-refractivity contribution in [1.29, 1.82) is 5.41 Å². The molecule has 1 saturated carbocycles. The minimum absolute atomic E-state index is 0.286. The standard InChI is InChI=1S/C12H13F2N/c13-11-6-3-9(7-12(11)14)8-1-4-10(15)5-2-8/h3,6-8,15H,1-2,4-5H2. The molecule has 0 bridgehead atoms. The zero-order valence-electron chi connectivity index (χ0n) is 8.39. The van der Waals surface area contributed by atoms with Gasteiger partial charge in [0.25, 0.3) is 0 Å². The first kappa shape index (κ1) is 10.3. The average molecular weight is 209 g/mol. The highest BCUT2D eigenvalue weighted by Crippen LogP contribution is 2.31. The van der Waals surface area contributed by atoms with E-state index in [1.54, 1.807) is 6.07 Å². The van der Waals surface area contributed by atoms with Crippen LogP contribution in [0.2, 0.25) is 0 Å². The van der Waals surface area contributed by atoms with Gasteiger partial charge in [-0.2, -0.15) is 0 Å². The fourth-order valence-corrected chi connectivity index (χ4v) is 2.07. The van der Waals surface area contributed by atoms with Crippen molar-refractivity contribution >= 4 is 5.71 Å². The SMILES string of the molecule is N=C1CCC(c2ccc(F)c(F)c2)CC1. The van der Waals surface area contributed by atoms with Gasteiger partial charge in [0.05, 0.1) is 0 Å². The third-order valence-electron chi connectivity index (χ3n) is 3.00. The van der Waals surface area contributed by atoms with E-state index < -0.39 is 11.6 Å². The molecule has 2 rings (SSSR count). The summed E-state index contributed by atoms with van der Waals surface area (Å²) in [5.41, 5.74) is 1.63. The molecular formula is C12H13F2N. The van der Waals surface area contributed by atoms with E-state index in [4.69, 9.17) is 5.41 Å². The summed E-state index contributed by atoms with van der Waals surface area (Å²) >= 11 is 0. The van der Waals surface area contributed by atoms with Crippen LogP contribution in [0.3, 0.4) is 0 Å². The van der Waals surface area contributed by atoms with Crippen LogP contribution in [0.25, 0.3) is 0 Å². The predicted molar refractivity (Wildman–Crippen MR) is 55.3 cm³/mol. The molecule has 1 aromatic rings. The number of hydrogen-bond donors (Lipinski definition) is 1. The number of hydrogen-bond acceptors (Lipinski definition) is 1. The van der Waals surface area contributed by atoms with Gasteiger partial charge in [0.1, 0.15) is 0 Å². The van der Waals surface area contributed by atoms with Gasteiger partial charge in [0.2, 0.25) is 0 Å². The summed E-state index contributed by atoms with van der Waals surface area (Å²) in [5, 5.41) is 7.48. The van der Waals surface area contributed by atoms with Crippen LogP contribution < -0.4 is 0 Å². The van der Waals surface area contributed by atoms with E-state index >= 15 is 0 Å². The fourth-order valence-electron chi connectivity index (χ4n) is 2.07. The Labute approximate surface area is 87.6 Å². The number of halogens is 2. The second kappa shape index (κ2) is 4.09. The van der Waals surface area contributed by atoms with Crippen molar-refractivity contribution in [3.63, 3.8) is 0 Å². The van der Waals surface area contributed by atoms with Crippen molar-refractivity contribution in [2.75, 3.05) is 0 Å². The lowest BCUT2D eigenvalue weighted by Crippen LogP contribution is -2.12. The van der Waals surface area contributed by atoms with Crippen molar-refractivity contribution in [1.82, 2.24) is 0 Å². The first-order chi connectivity index (χ1) is 7.16. The molecule has 0 saturated heterocycles. The molecule has 0 radical (unpaired) electrons. The van der Waals surface area contributed by atoms with Crippen LogP contribution in [-0.4, -0.2) is 5.71 Å². The van der Waals surface area contributed by atoms with Gasteiger partial charge in [0.15, 0.2) is 11.6 Å². The van der Waals surface area contributed by atoms with Crippen LogP contribution in [0.1, 0.15) is 37.2 Å². The van der Waals surface area contributed by atoms with Crippen molar-refractivity contribution in [2.45, 2.75) is 31.6 Å². The van der Waals surface area contributed by atoms with Gasteiger partial charge in [-0.15, -0.1) is 0 Å². The normalized spacial score (nSPS) is 21.7. The summed E-state index contributed by atoms with van der Waals surface area (Å²) in [6.07, 6.45) is 3.32. The molecule has 0 amide bonds. The third-order valence-corrected chi connectivity index (χ3v) is 3.00. The molecule has 1 N–H and O–H groups in total. The lowest BCUT2D eigenvalue weighted by molar-refractivity contribution is 0.499. The monoisotopic (exact) mass is 209 g/mol. The van der Waals surface area contributed by atoms with E-state index in [-0.39, 0.29) is 5.92 Å². The highest BCUT2D eigenvalue weighted by Gasteiger charge is 2.19. The fraction of sp³-hybridized carbons (Fsp3) is 0.417. The lowest BCUT2D eigenvalue weighted by atomic mass is 9.83. The summed E-state index contributed by atoms with van der Waals surface area (Å²) in [6.45, 7) is 0. The van der Waals surface area contributed by atoms with E-state index in [1.807, 2.05) is 0 Å². The number of rotatable bonds is 1. The molecule has 0 heterocycles. The smallest absolute Gasteiger partial charge is 0.159 e. The van der Waals surface area contributed by atoms with Crippen molar-refractivity contribution < 1.29 is 8.78 Å². The van der Waals surface area contributed by atoms with Gasteiger partial charge in [0, 0.05) is 5.71 Å². The number of nitrogens with one attached hydrogen (secondary N) is 1. The van der Waals surface area contributed by atoms with E-state index in [9.17, 15) is 8.78 Å². The molecule has 1 aliphatic rings. The van der Waals surface area contributed by atoms with Crippen molar-refractivity contribution in [3.8, 4) is 0 Å². The van der Waals surface area contributed by atoms with Gasteiger partial charge in [-0.1, -0.05) is 6.07 Å². The Kier molecular flexibility index (Phi) is 2.80. The predicted octanol–water partition coefficient (Wildman–Crippen LogP) is 3.64.